The second-order valence-electron chi connectivity index (χ2n) is 6.03. The average Bonchev–Trinajstić information content (AvgIpc) is 3.05. The van der Waals surface area contributed by atoms with E-state index in [-0.39, 0.29) is 25.1 Å². The molecule has 1 aliphatic rings. The Bertz CT molecular complexity index is 768. The highest BCUT2D eigenvalue weighted by Gasteiger charge is 2.33. The molecule has 1 fully saturated rings. The minimum Gasteiger partial charge on any atom is -0.411 e. The number of aliphatic hydroxyl groups is 1. The van der Waals surface area contributed by atoms with Gasteiger partial charge < -0.3 is 15.2 Å². The maximum atomic E-state index is 12.7. The summed E-state index contributed by atoms with van der Waals surface area (Å²) in [6.45, 7) is 2.16. The van der Waals surface area contributed by atoms with Crippen molar-refractivity contribution < 1.29 is 15.1 Å². The molecule has 1 saturated heterocycles. The van der Waals surface area contributed by atoms with E-state index in [0.717, 1.165) is 11.1 Å². The van der Waals surface area contributed by atoms with Crippen LogP contribution in [0, 0.1) is 6.92 Å². The van der Waals surface area contributed by atoms with Crippen LogP contribution in [0.3, 0.4) is 0 Å². The zero-order valence-corrected chi connectivity index (χ0v) is 13.5. The lowest BCUT2D eigenvalue weighted by Gasteiger charge is -2.22. The average molecular weight is 324 g/mol. The summed E-state index contributed by atoms with van der Waals surface area (Å²) in [5.74, 6) is -0.163. The van der Waals surface area contributed by atoms with E-state index in [2.05, 4.69) is 24.2 Å². The van der Waals surface area contributed by atoms with Gasteiger partial charge in [-0.1, -0.05) is 41.6 Å². The predicted octanol–water partition coefficient (Wildman–Crippen LogP) is 2.70. The number of carbonyl (C=O) groups is 1. The summed E-state index contributed by atoms with van der Waals surface area (Å²) in [6.07, 6.45) is 0.403. The van der Waals surface area contributed by atoms with Crippen molar-refractivity contribution in [2.24, 2.45) is 5.16 Å². The number of hydrogen-bond donors (Lipinski definition) is 2. The zero-order chi connectivity index (χ0) is 17.1. The summed E-state index contributed by atoms with van der Waals surface area (Å²) >= 11 is 0. The lowest BCUT2D eigenvalue weighted by molar-refractivity contribution is 0.0680. The van der Waals surface area contributed by atoms with Gasteiger partial charge >= 0.3 is 0 Å². The molecule has 2 N–H and O–H groups in total. The van der Waals surface area contributed by atoms with Crippen LogP contribution in [0.25, 0.3) is 11.1 Å². The fraction of sp³-hybridized carbons (Fsp3) is 0.263. The van der Waals surface area contributed by atoms with Gasteiger partial charge in [-0.15, -0.1) is 0 Å². The van der Waals surface area contributed by atoms with Gasteiger partial charge in [0, 0.05) is 12.0 Å². The van der Waals surface area contributed by atoms with Crippen LogP contribution in [-0.4, -0.2) is 46.0 Å². The molecule has 1 heterocycles. The molecule has 2 aromatic carbocycles. The molecule has 3 rings (SSSR count). The molecule has 0 aliphatic carbocycles. The lowest BCUT2D eigenvalue weighted by Crippen LogP contribution is -2.37. The van der Waals surface area contributed by atoms with Crippen LogP contribution in [-0.2, 0) is 0 Å². The monoisotopic (exact) mass is 324 g/mol. The van der Waals surface area contributed by atoms with Crippen molar-refractivity contribution in [3.63, 3.8) is 0 Å². The summed E-state index contributed by atoms with van der Waals surface area (Å²) in [6, 6.07) is 15.2. The zero-order valence-electron chi connectivity index (χ0n) is 13.5. The predicted molar refractivity (Wildman–Crippen MR) is 92.4 cm³/mol. The molecule has 5 heteroatoms. The van der Waals surface area contributed by atoms with E-state index in [1.165, 1.54) is 5.56 Å². The van der Waals surface area contributed by atoms with Crippen molar-refractivity contribution in [2.75, 3.05) is 13.2 Å². The van der Waals surface area contributed by atoms with E-state index in [0.29, 0.717) is 17.7 Å². The van der Waals surface area contributed by atoms with Crippen molar-refractivity contribution in [2.45, 2.75) is 19.4 Å². The molecule has 0 aromatic heterocycles. The Labute approximate surface area is 140 Å². The number of rotatable bonds is 3. The Morgan fingerprint density at radius 2 is 1.92 bits per heavy atom. The molecule has 0 radical (unpaired) electrons. The second-order valence-corrected chi connectivity index (χ2v) is 6.03. The Kier molecular flexibility index (Phi) is 4.62. The number of carbonyl (C=O) groups excluding carboxylic acids is 1. The molecule has 24 heavy (non-hydrogen) atoms. The van der Waals surface area contributed by atoms with Crippen molar-refractivity contribution in [1.29, 1.82) is 0 Å². The van der Waals surface area contributed by atoms with Gasteiger partial charge in [-0.05, 0) is 35.7 Å². The minimum atomic E-state index is -0.334. The van der Waals surface area contributed by atoms with Gasteiger partial charge in [0.25, 0.3) is 5.91 Å². The van der Waals surface area contributed by atoms with Gasteiger partial charge in [-0.25, -0.2) is 0 Å². The summed E-state index contributed by atoms with van der Waals surface area (Å²) in [5, 5.41) is 21.5. The summed E-state index contributed by atoms with van der Waals surface area (Å²) < 4.78 is 0. The third-order valence-electron chi connectivity index (χ3n) is 4.47. The molecular formula is C19H20N2O3. The topological polar surface area (TPSA) is 73.1 Å². The van der Waals surface area contributed by atoms with Crippen LogP contribution < -0.4 is 0 Å². The van der Waals surface area contributed by atoms with Gasteiger partial charge in [-0.3, -0.25) is 4.79 Å². The molecule has 1 aliphatic heterocycles. The second kappa shape index (κ2) is 6.84. The van der Waals surface area contributed by atoms with Gasteiger partial charge in [0.1, 0.15) is 0 Å². The first-order valence-corrected chi connectivity index (χ1v) is 7.91. The first kappa shape index (κ1) is 16.2. The van der Waals surface area contributed by atoms with E-state index in [9.17, 15) is 9.90 Å². The maximum Gasteiger partial charge on any atom is 0.254 e. The number of amides is 1. The van der Waals surface area contributed by atoms with E-state index >= 15 is 0 Å². The molecule has 0 spiro atoms. The third-order valence-corrected chi connectivity index (χ3v) is 4.47. The largest absolute Gasteiger partial charge is 0.411 e. The van der Waals surface area contributed by atoms with Crippen molar-refractivity contribution >= 4 is 11.6 Å². The molecule has 1 unspecified atom stereocenters. The first-order valence-electron chi connectivity index (χ1n) is 7.91. The van der Waals surface area contributed by atoms with Crippen molar-refractivity contribution in [3.05, 3.63) is 59.7 Å². The molecule has 0 bridgehead atoms. The van der Waals surface area contributed by atoms with Gasteiger partial charge in [-0.2, -0.15) is 0 Å². The highest BCUT2D eigenvalue weighted by atomic mass is 16.4. The lowest BCUT2D eigenvalue weighted by atomic mass is 9.99. The summed E-state index contributed by atoms with van der Waals surface area (Å²) in [4.78, 5) is 14.2. The molecular weight excluding hydrogens is 304 g/mol. The van der Waals surface area contributed by atoms with E-state index in [1.54, 1.807) is 17.0 Å². The molecule has 5 nitrogen and oxygen atoms in total. The number of aryl methyl sites for hydroxylation is 1. The molecule has 124 valence electrons. The minimum absolute atomic E-state index is 0.147. The molecule has 1 amide bonds. The molecule has 2 aromatic rings. The van der Waals surface area contributed by atoms with E-state index < -0.39 is 0 Å². The normalized spacial score (nSPS) is 19.0. The highest BCUT2D eigenvalue weighted by molar-refractivity contribution is 6.00. The van der Waals surface area contributed by atoms with Gasteiger partial charge in [0.05, 0.1) is 24.9 Å². The van der Waals surface area contributed by atoms with Crippen molar-refractivity contribution in [3.8, 4) is 11.1 Å². The van der Waals surface area contributed by atoms with Crippen LogP contribution >= 0.6 is 0 Å². The summed E-state index contributed by atoms with van der Waals surface area (Å²) in [5.41, 5.74) is 4.45. The third kappa shape index (κ3) is 3.03. The molecule has 0 saturated carbocycles. The Morgan fingerprint density at radius 3 is 2.54 bits per heavy atom. The van der Waals surface area contributed by atoms with Crippen LogP contribution in [0.2, 0.25) is 0 Å². The Hall–Kier alpha value is -2.66. The number of oxime groups is 1. The Balaban J connectivity index is 1.83. The van der Waals surface area contributed by atoms with E-state index in [4.69, 9.17) is 5.21 Å². The van der Waals surface area contributed by atoms with Crippen LogP contribution in [0.4, 0.5) is 0 Å². The number of hydrogen-bond acceptors (Lipinski definition) is 4. The van der Waals surface area contributed by atoms with Gasteiger partial charge in [0.2, 0.25) is 0 Å². The highest BCUT2D eigenvalue weighted by Crippen LogP contribution is 2.25. The number of benzene rings is 2. The first-order chi connectivity index (χ1) is 11.6. The fourth-order valence-electron chi connectivity index (χ4n) is 3.10. The smallest absolute Gasteiger partial charge is 0.254 e. The number of likely N-dealkylation sites (tertiary alicyclic amines) is 1. The Morgan fingerprint density at radius 1 is 1.21 bits per heavy atom. The maximum absolute atomic E-state index is 12.7. The SMILES string of the molecule is Cc1ccccc1-c1ccc(C(=O)N2CC(=NO)CC2CO)cc1. The fourth-order valence-corrected chi connectivity index (χ4v) is 3.10. The number of nitrogens with zero attached hydrogens (tertiary/aromatic N) is 2. The van der Waals surface area contributed by atoms with Crippen LogP contribution in [0.15, 0.2) is 53.7 Å². The van der Waals surface area contributed by atoms with E-state index in [1.807, 2.05) is 24.3 Å². The van der Waals surface area contributed by atoms with Gasteiger partial charge in [0.15, 0.2) is 0 Å². The quantitative estimate of drug-likeness (QED) is 0.673. The van der Waals surface area contributed by atoms with Crippen LogP contribution in [0.1, 0.15) is 22.3 Å². The molecule has 1 atom stereocenters. The number of aliphatic hydroxyl groups excluding tert-OH is 1. The standard InChI is InChI=1S/C19H20N2O3/c1-13-4-2-3-5-18(13)14-6-8-15(9-7-14)19(23)21-11-16(20-24)10-17(21)12-22/h2-9,17,22,24H,10-12H2,1H3. The van der Waals surface area contributed by atoms with Crippen LogP contribution in [0.5, 0.6) is 0 Å². The van der Waals surface area contributed by atoms with Crippen molar-refractivity contribution in [1.82, 2.24) is 4.90 Å². The summed E-state index contributed by atoms with van der Waals surface area (Å²) in [7, 11) is 0.